The molecule has 0 saturated heterocycles. The molecule has 0 bridgehead atoms. The summed E-state index contributed by atoms with van der Waals surface area (Å²) in [4.78, 5) is 25.2. The van der Waals surface area contributed by atoms with Crippen LogP contribution in [0.5, 0.6) is 0 Å². The van der Waals surface area contributed by atoms with Crippen molar-refractivity contribution in [2.45, 2.75) is 26.9 Å². The lowest BCUT2D eigenvalue weighted by atomic mass is 10.0. The van der Waals surface area contributed by atoms with Crippen LogP contribution in [0.3, 0.4) is 0 Å². The number of benzene rings is 2. The SMILES string of the molecule is Cc1c(C(=O)OC(C)C)sc(NC(=O)c2ccc(-c3ccccc3)cc2)c1C#N. The molecule has 3 aromatic rings. The minimum atomic E-state index is -0.494. The molecule has 1 N–H and O–H groups in total. The second kappa shape index (κ2) is 8.72. The highest BCUT2D eigenvalue weighted by Gasteiger charge is 2.23. The molecule has 0 spiro atoms. The van der Waals surface area contributed by atoms with Gasteiger partial charge >= 0.3 is 5.97 Å². The number of esters is 1. The van der Waals surface area contributed by atoms with Gasteiger partial charge in [-0.25, -0.2) is 4.79 Å². The van der Waals surface area contributed by atoms with E-state index in [-0.39, 0.29) is 17.6 Å². The predicted octanol–water partition coefficient (Wildman–Crippen LogP) is 5.41. The molecule has 0 radical (unpaired) electrons. The van der Waals surface area contributed by atoms with E-state index in [1.807, 2.05) is 42.5 Å². The van der Waals surface area contributed by atoms with Crippen molar-refractivity contribution >= 4 is 28.2 Å². The Kier molecular flexibility index (Phi) is 6.10. The highest BCUT2D eigenvalue weighted by Crippen LogP contribution is 2.33. The first kappa shape index (κ1) is 20.3. The maximum absolute atomic E-state index is 12.7. The fourth-order valence-corrected chi connectivity index (χ4v) is 3.85. The van der Waals surface area contributed by atoms with Crippen LogP contribution in [-0.4, -0.2) is 18.0 Å². The van der Waals surface area contributed by atoms with Gasteiger partial charge < -0.3 is 10.1 Å². The van der Waals surface area contributed by atoms with Crippen molar-refractivity contribution in [3.8, 4) is 17.2 Å². The minimum absolute atomic E-state index is 0.268. The number of carbonyl (C=O) groups is 2. The molecule has 0 aliphatic heterocycles. The molecular formula is C23H20N2O3S. The van der Waals surface area contributed by atoms with Gasteiger partial charge in [0.25, 0.3) is 5.91 Å². The van der Waals surface area contributed by atoms with Crippen LogP contribution in [0.4, 0.5) is 5.00 Å². The molecule has 0 saturated carbocycles. The van der Waals surface area contributed by atoms with Crippen LogP contribution in [0.15, 0.2) is 54.6 Å². The second-order valence-electron chi connectivity index (χ2n) is 6.72. The topological polar surface area (TPSA) is 79.2 Å². The number of carbonyl (C=O) groups excluding carboxylic acids is 2. The lowest BCUT2D eigenvalue weighted by Crippen LogP contribution is -2.11. The Balaban J connectivity index is 1.82. The van der Waals surface area contributed by atoms with Crippen LogP contribution in [0.2, 0.25) is 0 Å². The largest absolute Gasteiger partial charge is 0.459 e. The number of anilines is 1. The Labute approximate surface area is 173 Å². The molecule has 0 unspecified atom stereocenters. The lowest BCUT2D eigenvalue weighted by molar-refractivity contribution is 0.0383. The maximum Gasteiger partial charge on any atom is 0.348 e. The van der Waals surface area contributed by atoms with Gasteiger partial charge in [0.15, 0.2) is 0 Å². The summed E-state index contributed by atoms with van der Waals surface area (Å²) in [5, 5.41) is 12.6. The molecule has 0 aliphatic rings. The maximum atomic E-state index is 12.7. The highest BCUT2D eigenvalue weighted by atomic mass is 32.1. The second-order valence-corrected chi connectivity index (χ2v) is 7.74. The molecular weight excluding hydrogens is 384 g/mol. The molecule has 5 nitrogen and oxygen atoms in total. The molecule has 1 heterocycles. The number of amides is 1. The molecule has 1 aromatic heterocycles. The normalized spacial score (nSPS) is 10.4. The van der Waals surface area contributed by atoms with E-state index in [1.165, 1.54) is 0 Å². The smallest absolute Gasteiger partial charge is 0.348 e. The predicted molar refractivity (Wildman–Crippen MR) is 114 cm³/mol. The van der Waals surface area contributed by atoms with Crippen LogP contribution in [0.25, 0.3) is 11.1 Å². The van der Waals surface area contributed by atoms with Gasteiger partial charge in [-0.15, -0.1) is 11.3 Å². The monoisotopic (exact) mass is 404 g/mol. The fourth-order valence-electron chi connectivity index (χ4n) is 2.82. The number of nitrogens with zero attached hydrogens (tertiary/aromatic N) is 1. The van der Waals surface area contributed by atoms with Crippen LogP contribution in [0, 0.1) is 18.3 Å². The van der Waals surface area contributed by atoms with E-state index in [0.717, 1.165) is 22.5 Å². The van der Waals surface area contributed by atoms with Gasteiger partial charge in [0.1, 0.15) is 15.9 Å². The first-order chi connectivity index (χ1) is 13.9. The van der Waals surface area contributed by atoms with Gasteiger partial charge in [0, 0.05) is 5.56 Å². The van der Waals surface area contributed by atoms with Crippen molar-refractivity contribution in [3.05, 3.63) is 76.2 Å². The Morgan fingerprint density at radius 2 is 1.66 bits per heavy atom. The van der Waals surface area contributed by atoms with Crippen molar-refractivity contribution in [3.63, 3.8) is 0 Å². The van der Waals surface area contributed by atoms with E-state index in [4.69, 9.17) is 4.74 Å². The molecule has 6 heteroatoms. The lowest BCUT2D eigenvalue weighted by Gasteiger charge is -2.06. The standard InChI is InChI=1S/C23H20N2O3S/c1-14(2)28-23(27)20-15(3)19(13-24)22(29-20)25-21(26)18-11-9-17(10-12-18)16-7-5-4-6-8-16/h4-12,14H,1-3H3,(H,25,26). The fraction of sp³-hybridized carbons (Fsp3) is 0.174. The zero-order valence-corrected chi connectivity index (χ0v) is 17.2. The van der Waals surface area contributed by atoms with Crippen LogP contribution in [0.1, 0.15) is 45.0 Å². The van der Waals surface area contributed by atoms with E-state index in [9.17, 15) is 14.9 Å². The number of hydrogen-bond acceptors (Lipinski definition) is 5. The number of rotatable bonds is 5. The molecule has 0 fully saturated rings. The Hall–Kier alpha value is -3.43. The third-order valence-corrected chi connectivity index (χ3v) is 5.46. The number of ether oxygens (including phenoxy) is 1. The van der Waals surface area contributed by atoms with Crippen molar-refractivity contribution in [1.29, 1.82) is 5.26 Å². The van der Waals surface area contributed by atoms with Gasteiger partial charge in [0.2, 0.25) is 0 Å². The van der Waals surface area contributed by atoms with Crippen molar-refractivity contribution in [2.24, 2.45) is 0 Å². The molecule has 0 aliphatic carbocycles. The van der Waals surface area contributed by atoms with Crippen molar-refractivity contribution < 1.29 is 14.3 Å². The van der Waals surface area contributed by atoms with Gasteiger partial charge in [-0.3, -0.25) is 4.79 Å². The number of nitriles is 1. The van der Waals surface area contributed by atoms with Gasteiger partial charge in [-0.1, -0.05) is 42.5 Å². The average molecular weight is 404 g/mol. The van der Waals surface area contributed by atoms with Crippen molar-refractivity contribution in [1.82, 2.24) is 0 Å². The first-order valence-electron chi connectivity index (χ1n) is 9.12. The van der Waals surface area contributed by atoms with Crippen LogP contribution < -0.4 is 5.32 Å². The summed E-state index contributed by atoms with van der Waals surface area (Å²) in [6.45, 7) is 5.19. The summed E-state index contributed by atoms with van der Waals surface area (Å²) in [6, 6.07) is 19.2. The Bertz CT molecular complexity index is 1080. The van der Waals surface area contributed by atoms with E-state index >= 15 is 0 Å². The quantitative estimate of drug-likeness (QED) is 0.577. The molecule has 0 atom stereocenters. The third-order valence-electron chi connectivity index (χ3n) is 4.27. The van der Waals surface area contributed by atoms with E-state index in [1.54, 1.807) is 32.9 Å². The van der Waals surface area contributed by atoms with Crippen molar-refractivity contribution in [2.75, 3.05) is 5.32 Å². The van der Waals surface area contributed by atoms with Gasteiger partial charge in [-0.2, -0.15) is 5.26 Å². The van der Waals surface area contributed by atoms with Gasteiger partial charge in [-0.05, 0) is 49.6 Å². The highest BCUT2D eigenvalue weighted by molar-refractivity contribution is 7.18. The molecule has 3 rings (SSSR count). The molecule has 1 amide bonds. The van der Waals surface area contributed by atoms with Crippen LogP contribution in [-0.2, 0) is 4.74 Å². The Morgan fingerprint density at radius 1 is 1.03 bits per heavy atom. The van der Waals surface area contributed by atoms with E-state index in [0.29, 0.717) is 21.0 Å². The summed E-state index contributed by atoms with van der Waals surface area (Å²) in [5.41, 5.74) is 3.32. The summed E-state index contributed by atoms with van der Waals surface area (Å²) >= 11 is 1.05. The molecule has 29 heavy (non-hydrogen) atoms. The third kappa shape index (κ3) is 4.53. The summed E-state index contributed by atoms with van der Waals surface area (Å²) in [5.74, 6) is -0.835. The van der Waals surface area contributed by atoms with Gasteiger partial charge in [0.05, 0.1) is 11.7 Å². The number of hydrogen-bond donors (Lipinski definition) is 1. The Morgan fingerprint density at radius 3 is 2.24 bits per heavy atom. The van der Waals surface area contributed by atoms with Crippen LogP contribution >= 0.6 is 11.3 Å². The molecule has 146 valence electrons. The molecule has 2 aromatic carbocycles. The minimum Gasteiger partial charge on any atom is -0.459 e. The van der Waals surface area contributed by atoms with E-state index in [2.05, 4.69) is 11.4 Å². The summed E-state index contributed by atoms with van der Waals surface area (Å²) < 4.78 is 5.22. The van der Waals surface area contributed by atoms with E-state index < -0.39 is 5.97 Å². The first-order valence-corrected chi connectivity index (χ1v) is 9.93. The summed E-state index contributed by atoms with van der Waals surface area (Å²) in [6.07, 6.45) is -0.268. The number of nitrogens with one attached hydrogen (secondary N) is 1. The average Bonchev–Trinajstić information content (AvgIpc) is 3.03. The summed E-state index contributed by atoms with van der Waals surface area (Å²) in [7, 11) is 0. The number of thiophene rings is 1. The zero-order valence-electron chi connectivity index (χ0n) is 16.4. The zero-order chi connectivity index (χ0) is 21.0.